The topological polar surface area (TPSA) is 189 Å². The van der Waals surface area contributed by atoms with Crippen molar-refractivity contribution in [3.05, 3.63) is 109 Å². The van der Waals surface area contributed by atoms with E-state index in [9.17, 15) is 34.9 Å². The van der Waals surface area contributed by atoms with E-state index in [0.717, 1.165) is 5.56 Å². The minimum atomic E-state index is -0.604. The summed E-state index contributed by atoms with van der Waals surface area (Å²) in [5.74, 6) is -1.42. The van der Waals surface area contributed by atoms with E-state index in [1.165, 1.54) is 61.0 Å². The number of carbonyl (C=O) groups is 2. The molecule has 0 aromatic heterocycles. The largest absolute Gasteiger partial charge is 0.507 e. The Morgan fingerprint density at radius 3 is 1.51 bits per heavy atom. The van der Waals surface area contributed by atoms with Crippen molar-refractivity contribution in [2.24, 2.45) is 10.2 Å². The van der Waals surface area contributed by atoms with Gasteiger partial charge in [0.2, 0.25) is 0 Å². The lowest BCUT2D eigenvalue weighted by Crippen LogP contribution is -2.18. The fourth-order valence-electron chi connectivity index (χ4n) is 3.06. The third-order valence-corrected chi connectivity index (χ3v) is 5.06. The normalized spacial score (nSPS) is 10.9. The molecule has 0 saturated carbocycles. The van der Waals surface area contributed by atoms with Crippen molar-refractivity contribution >= 4 is 35.6 Å². The molecule has 0 aliphatic heterocycles. The van der Waals surface area contributed by atoms with Crippen molar-refractivity contribution in [2.75, 3.05) is 0 Å². The number of nitrogens with zero attached hydrogens (tertiary/aromatic N) is 4. The van der Waals surface area contributed by atoms with E-state index in [4.69, 9.17) is 0 Å². The summed E-state index contributed by atoms with van der Waals surface area (Å²) in [5, 5.41) is 39.7. The van der Waals surface area contributed by atoms with Crippen LogP contribution in [-0.2, 0) is 6.42 Å². The second-order valence-electron chi connectivity index (χ2n) is 7.48. The van der Waals surface area contributed by atoms with Crippen LogP contribution in [0.15, 0.2) is 70.9 Å². The first-order valence-electron chi connectivity index (χ1n) is 10.7. The maximum absolute atomic E-state index is 12.2. The number of phenolic OH excluding ortho intramolecular Hbond substituents is 1. The van der Waals surface area contributed by atoms with Gasteiger partial charge in [0.1, 0.15) is 5.75 Å². The molecular formula is C24H20N6O7. The number of rotatable bonds is 9. The first-order valence-corrected chi connectivity index (χ1v) is 10.7. The SMILES string of the molecule is CCc1cc(/C=N\NC(=O)c2ccc([N+](=O)[O-])cc2)c(O)c(/C=N/NC(=O)c2ccc([N+](=O)[O-])cc2)c1. The molecule has 0 spiro atoms. The number of amides is 2. The number of nitrogens with one attached hydrogen (secondary N) is 2. The lowest BCUT2D eigenvalue weighted by molar-refractivity contribution is -0.385. The Kier molecular flexibility index (Phi) is 8.33. The van der Waals surface area contributed by atoms with E-state index in [1.807, 2.05) is 6.92 Å². The Morgan fingerprint density at radius 2 is 1.19 bits per heavy atom. The quantitative estimate of drug-likeness (QED) is 0.226. The fraction of sp³-hybridized carbons (Fsp3) is 0.0833. The Bertz CT molecular complexity index is 1300. The highest BCUT2D eigenvalue weighted by Crippen LogP contribution is 2.22. The number of non-ortho nitro benzene ring substituents is 2. The molecule has 0 saturated heterocycles. The van der Waals surface area contributed by atoms with E-state index in [1.54, 1.807) is 12.1 Å². The zero-order valence-corrected chi connectivity index (χ0v) is 19.3. The van der Waals surface area contributed by atoms with Gasteiger partial charge in [-0.25, -0.2) is 10.9 Å². The molecule has 13 nitrogen and oxygen atoms in total. The first kappa shape index (κ1) is 26.2. The minimum Gasteiger partial charge on any atom is -0.507 e. The number of hydrogen-bond acceptors (Lipinski definition) is 9. The molecule has 0 heterocycles. The Labute approximate surface area is 209 Å². The van der Waals surface area contributed by atoms with E-state index in [0.29, 0.717) is 6.42 Å². The van der Waals surface area contributed by atoms with Crippen molar-refractivity contribution in [2.45, 2.75) is 13.3 Å². The van der Waals surface area contributed by atoms with Gasteiger partial charge in [-0.2, -0.15) is 10.2 Å². The minimum absolute atomic E-state index is 0.153. The van der Waals surface area contributed by atoms with Crippen molar-refractivity contribution < 1.29 is 24.5 Å². The lowest BCUT2D eigenvalue weighted by atomic mass is 10.0. The van der Waals surface area contributed by atoms with Gasteiger partial charge in [-0.05, 0) is 48.4 Å². The van der Waals surface area contributed by atoms with Gasteiger partial charge >= 0.3 is 0 Å². The van der Waals surface area contributed by atoms with Gasteiger partial charge in [0.25, 0.3) is 23.2 Å². The molecule has 3 N–H and O–H groups in total. The monoisotopic (exact) mass is 504 g/mol. The molecular weight excluding hydrogens is 484 g/mol. The first-order chi connectivity index (χ1) is 17.7. The summed E-state index contributed by atoms with van der Waals surface area (Å²) in [6.07, 6.45) is 3.06. The van der Waals surface area contributed by atoms with Crippen molar-refractivity contribution in [3.8, 4) is 5.75 Å². The number of carbonyl (C=O) groups excluding carboxylic acids is 2. The highest BCUT2D eigenvalue weighted by molar-refractivity contribution is 5.97. The summed E-state index contributed by atoms with van der Waals surface area (Å²) in [6, 6.07) is 13.3. The standard InChI is InChI=1S/C24H20N6O7/c1-2-15-11-18(13-25-27-23(32)16-3-7-20(8-4-16)29(34)35)22(31)19(12-15)14-26-28-24(33)17-5-9-21(10-6-17)30(36)37/h3-14,31H,2H2,1H3,(H,27,32)(H,28,33)/b25-13-,26-14+. The number of nitro benzene ring substituents is 2. The Morgan fingerprint density at radius 1 is 0.811 bits per heavy atom. The molecule has 2 amide bonds. The van der Waals surface area contributed by atoms with E-state index in [2.05, 4.69) is 21.1 Å². The molecule has 0 radical (unpaired) electrons. The van der Waals surface area contributed by atoms with E-state index < -0.39 is 21.7 Å². The molecule has 0 bridgehead atoms. The van der Waals surface area contributed by atoms with Gasteiger partial charge in [0.15, 0.2) is 0 Å². The molecule has 0 unspecified atom stereocenters. The number of aryl methyl sites for hydroxylation is 1. The van der Waals surface area contributed by atoms with Crippen molar-refractivity contribution in [3.63, 3.8) is 0 Å². The van der Waals surface area contributed by atoms with Gasteiger partial charge in [-0.3, -0.25) is 29.8 Å². The van der Waals surface area contributed by atoms with Crippen LogP contribution in [0.4, 0.5) is 11.4 Å². The van der Waals surface area contributed by atoms with Gasteiger partial charge in [0, 0.05) is 46.5 Å². The summed E-state index contributed by atoms with van der Waals surface area (Å²) >= 11 is 0. The summed E-state index contributed by atoms with van der Waals surface area (Å²) in [7, 11) is 0. The zero-order chi connectivity index (χ0) is 26.9. The molecule has 0 atom stereocenters. The molecule has 37 heavy (non-hydrogen) atoms. The molecule has 188 valence electrons. The van der Waals surface area contributed by atoms with Crippen LogP contribution in [0.3, 0.4) is 0 Å². The van der Waals surface area contributed by atoms with Crippen molar-refractivity contribution in [1.82, 2.24) is 10.9 Å². The third-order valence-electron chi connectivity index (χ3n) is 5.06. The number of hydrazone groups is 2. The van der Waals surface area contributed by atoms with Crippen LogP contribution in [0.1, 0.15) is 44.3 Å². The van der Waals surface area contributed by atoms with E-state index in [-0.39, 0.29) is 39.4 Å². The zero-order valence-electron chi connectivity index (χ0n) is 19.3. The van der Waals surface area contributed by atoms with Crippen LogP contribution in [-0.4, -0.2) is 39.2 Å². The van der Waals surface area contributed by atoms with Crippen LogP contribution in [0.25, 0.3) is 0 Å². The van der Waals surface area contributed by atoms with E-state index >= 15 is 0 Å². The molecule has 0 fully saturated rings. The highest BCUT2D eigenvalue weighted by atomic mass is 16.6. The predicted octanol–water partition coefficient (Wildman–Crippen LogP) is 3.30. The number of phenols is 1. The number of hydrogen-bond donors (Lipinski definition) is 3. The predicted molar refractivity (Wildman–Crippen MR) is 134 cm³/mol. The molecule has 13 heteroatoms. The van der Waals surface area contributed by atoms with Gasteiger partial charge in [0.05, 0.1) is 22.3 Å². The van der Waals surface area contributed by atoms with Crippen LogP contribution < -0.4 is 10.9 Å². The summed E-state index contributed by atoms with van der Waals surface area (Å²) < 4.78 is 0. The van der Waals surface area contributed by atoms with Crippen molar-refractivity contribution in [1.29, 1.82) is 0 Å². The smallest absolute Gasteiger partial charge is 0.271 e. The summed E-state index contributed by atoms with van der Waals surface area (Å²) in [6.45, 7) is 1.89. The maximum atomic E-state index is 12.2. The molecule has 3 rings (SSSR count). The van der Waals surface area contributed by atoms with Crippen LogP contribution in [0, 0.1) is 20.2 Å². The molecule has 3 aromatic rings. The Hall–Kier alpha value is -5.46. The molecule has 3 aromatic carbocycles. The van der Waals surface area contributed by atoms with Crippen LogP contribution in [0.5, 0.6) is 5.75 Å². The number of benzene rings is 3. The van der Waals surface area contributed by atoms with Gasteiger partial charge in [-0.15, -0.1) is 0 Å². The average molecular weight is 504 g/mol. The third kappa shape index (κ3) is 6.79. The highest BCUT2D eigenvalue weighted by Gasteiger charge is 2.11. The Balaban J connectivity index is 1.70. The van der Waals surface area contributed by atoms with Gasteiger partial charge in [-0.1, -0.05) is 6.92 Å². The lowest BCUT2D eigenvalue weighted by Gasteiger charge is -2.07. The number of nitro groups is 2. The summed E-state index contributed by atoms with van der Waals surface area (Å²) in [5.41, 5.74) is 5.93. The van der Waals surface area contributed by atoms with Gasteiger partial charge < -0.3 is 5.11 Å². The van der Waals surface area contributed by atoms with Crippen LogP contribution >= 0.6 is 0 Å². The average Bonchev–Trinajstić information content (AvgIpc) is 2.90. The molecule has 0 aliphatic carbocycles. The summed E-state index contributed by atoms with van der Waals surface area (Å²) in [4.78, 5) is 44.7. The molecule has 0 aliphatic rings. The fourth-order valence-corrected chi connectivity index (χ4v) is 3.06. The van der Waals surface area contributed by atoms with Crippen LogP contribution in [0.2, 0.25) is 0 Å². The second kappa shape index (κ2) is 11.8. The number of aromatic hydroxyl groups is 1. The second-order valence-corrected chi connectivity index (χ2v) is 7.48. The maximum Gasteiger partial charge on any atom is 0.271 e.